The molecule has 2 aliphatic rings. The molecular formula is C18H26O2. The lowest BCUT2D eigenvalue weighted by atomic mass is 9.70. The van der Waals surface area contributed by atoms with Crippen molar-refractivity contribution in [2.45, 2.75) is 59.2 Å². The maximum absolute atomic E-state index is 5.58. The molecule has 110 valence electrons. The summed E-state index contributed by atoms with van der Waals surface area (Å²) in [5.74, 6) is 13.4. The lowest BCUT2D eigenvalue weighted by Crippen LogP contribution is -2.32. The SMILES string of the molecule is CC#CC#CC1(C)CCC(CC2COC(C)OC2)CC1. The van der Waals surface area contributed by atoms with Crippen LogP contribution < -0.4 is 0 Å². The van der Waals surface area contributed by atoms with Crippen LogP contribution in [-0.4, -0.2) is 19.5 Å². The van der Waals surface area contributed by atoms with E-state index in [1.807, 2.05) is 13.8 Å². The zero-order chi connectivity index (χ0) is 14.4. The van der Waals surface area contributed by atoms with Crippen LogP contribution in [0.2, 0.25) is 0 Å². The Balaban J connectivity index is 1.76. The molecular weight excluding hydrogens is 248 g/mol. The topological polar surface area (TPSA) is 18.5 Å². The second-order valence-electron chi connectivity index (χ2n) is 6.47. The largest absolute Gasteiger partial charge is 0.353 e. The highest BCUT2D eigenvalue weighted by Gasteiger charge is 2.31. The summed E-state index contributed by atoms with van der Waals surface area (Å²) in [4.78, 5) is 0. The first-order valence-electron chi connectivity index (χ1n) is 7.78. The van der Waals surface area contributed by atoms with Crippen molar-refractivity contribution in [2.75, 3.05) is 13.2 Å². The van der Waals surface area contributed by atoms with Crippen LogP contribution in [0, 0.1) is 40.9 Å². The minimum Gasteiger partial charge on any atom is -0.353 e. The molecule has 1 aliphatic carbocycles. The van der Waals surface area contributed by atoms with Crippen LogP contribution >= 0.6 is 0 Å². The van der Waals surface area contributed by atoms with E-state index in [4.69, 9.17) is 9.47 Å². The molecule has 2 heteroatoms. The lowest BCUT2D eigenvalue weighted by Gasteiger charge is -2.36. The van der Waals surface area contributed by atoms with Crippen LogP contribution in [0.1, 0.15) is 52.9 Å². The van der Waals surface area contributed by atoms with E-state index < -0.39 is 0 Å². The van der Waals surface area contributed by atoms with Gasteiger partial charge < -0.3 is 9.47 Å². The van der Waals surface area contributed by atoms with Gasteiger partial charge in [0.15, 0.2) is 6.29 Å². The molecule has 0 unspecified atom stereocenters. The van der Waals surface area contributed by atoms with E-state index in [1.165, 1.54) is 32.1 Å². The third kappa shape index (κ3) is 4.55. The van der Waals surface area contributed by atoms with Crippen molar-refractivity contribution in [1.82, 2.24) is 0 Å². The quantitative estimate of drug-likeness (QED) is 0.716. The van der Waals surface area contributed by atoms with Gasteiger partial charge >= 0.3 is 0 Å². The summed E-state index contributed by atoms with van der Waals surface area (Å²) in [6.07, 6.45) is 6.16. The van der Waals surface area contributed by atoms with Crippen LogP contribution in [-0.2, 0) is 9.47 Å². The minimum absolute atomic E-state index is 0.0177. The Hall–Kier alpha value is -0.960. The number of hydrogen-bond donors (Lipinski definition) is 0. The fraction of sp³-hybridized carbons (Fsp3) is 0.778. The molecule has 2 fully saturated rings. The Morgan fingerprint density at radius 1 is 1.05 bits per heavy atom. The Morgan fingerprint density at radius 2 is 1.70 bits per heavy atom. The number of rotatable bonds is 2. The van der Waals surface area contributed by atoms with Gasteiger partial charge in [-0.2, -0.15) is 0 Å². The van der Waals surface area contributed by atoms with Gasteiger partial charge in [-0.05, 0) is 70.6 Å². The average Bonchev–Trinajstić information content (AvgIpc) is 2.44. The molecule has 0 N–H and O–H groups in total. The maximum atomic E-state index is 5.58. The van der Waals surface area contributed by atoms with Crippen molar-refractivity contribution in [2.24, 2.45) is 17.3 Å². The molecule has 2 rings (SSSR count). The van der Waals surface area contributed by atoms with Crippen molar-refractivity contribution in [3.8, 4) is 23.7 Å². The molecule has 0 amide bonds. The summed E-state index contributed by atoms with van der Waals surface area (Å²) in [6, 6.07) is 0. The van der Waals surface area contributed by atoms with Gasteiger partial charge in [-0.15, -0.1) is 0 Å². The zero-order valence-corrected chi connectivity index (χ0v) is 13.0. The molecule has 0 aromatic carbocycles. The van der Waals surface area contributed by atoms with E-state index in [0.717, 1.165) is 19.1 Å². The summed E-state index contributed by atoms with van der Waals surface area (Å²) >= 11 is 0. The van der Waals surface area contributed by atoms with Gasteiger partial charge in [0.25, 0.3) is 0 Å². The van der Waals surface area contributed by atoms with Crippen molar-refractivity contribution in [3.63, 3.8) is 0 Å². The van der Waals surface area contributed by atoms with Crippen LogP contribution in [0.4, 0.5) is 0 Å². The van der Waals surface area contributed by atoms with Crippen molar-refractivity contribution >= 4 is 0 Å². The first-order valence-corrected chi connectivity index (χ1v) is 7.78. The molecule has 1 aliphatic heterocycles. The number of hydrogen-bond acceptors (Lipinski definition) is 2. The molecule has 0 radical (unpaired) electrons. The van der Waals surface area contributed by atoms with E-state index >= 15 is 0 Å². The normalized spacial score (nSPS) is 37.2. The van der Waals surface area contributed by atoms with Gasteiger partial charge in [-0.1, -0.05) is 11.8 Å². The summed E-state index contributed by atoms with van der Waals surface area (Å²) in [5, 5.41) is 0. The number of ether oxygens (including phenoxy) is 2. The summed E-state index contributed by atoms with van der Waals surface area (Å²) in [7, 11) is 0. The first-order chi connectivity index (χ1) is 9.61. The summed E-state index contributed by atoms with van der Waals surface area (Å²) in [5.41, 5.74) is 0.175. The van der Waals surface area contributed by atoms with E-state index in [1.54, 1.807) is 0 Å². The van der Waals surface area contributed by atoms with E-state index in [2.05, 4.69) is 30.6 Å². The van der Waals surface area contributed by atoms with E-state index in [0.29, 0.717) is 5.92 Å². The van der Waals surface area contributed by atoms with Crippen LogP contribution in [0.3, 0.4) is 0 Å². The monoisotopic (exact) mass is 274 g/mol. The fourth-order valence-corrected chi connectivity index (χ4v) is 3.17. The molecule has 0 spiro atoms. The van der Waals surface area contributed by atoms with Gasteiger partial charge in [-0.3, -0.25) is 0 Å². The van der Waals surface area contributed by atoms with Gasteiger partial charge in [-0.25, -0.2) is 0 Å². The Morgan fingerprint density at radius 3 is 2.30 bits per heavy atom. The molecule has 1 saturated carbocycles. The van der Waals surface area contributed by atoms with Gasteiger partial charge in [0.2, 0.25) is 0 Å². The predicted molar refractivity (Wildman–Crippen MR) is 80.8 cm³/mol. The molecule has 2 nitrogen and oxygen atoms in total. The molecule has 0 bridgehead atoms. The third-order valence-electron chi connectivity index (χ3n) is 4.56. The maximum Gasteiger partial charge on any atom is 0.154 e. The highest BCUT2D eigenvalue weighted by atomic mass is 16.7. The highest BCUT2D eigenvalue weighted by Crippen LogP contribution is 2.40. The Labute approximate surface area is 123 Å². The molecule has 1 heterocycles. The molecule has 0 atom stereocenters. The molecule has 0 aromatic rings. The summed E-state index contributed by atoms with van der Waals surface area (Å²) < 4.78 is 11.2. The van der Waals surface area contributed by atoms with Crippen LogP contribution in [0.5, 0.6) is 0 Å². The summed E-state index contributed by atoms with van der Waals surface area (Å²) in [6.45, 7) is 7.81. The lowest BCUT2D eigenvalue weighted by molar-refractivity contribution is -0.193. The van der Waals surface area contributed by atoms with Crippen molar-refractivity contribution in [1.29, 1.82) is 0 Å². The van der Waals surface area contributed by atoms with Crippen molar-refractivity contribution < 1.29 is 9.47 Å². The third-order valence-corrected chi connectivity index (χ3v) is 4.56. The molecule has 1 saturated heterocycles. The molecule has 20 heavy (non-hydrogen) atoms. The Kier molecular flexibility index (Phi) is 5.53. The van der Waals surface area contributed by atoms with Crippen LogP contribution in [0.25, 0.3) is 0 Å². The smallest absolute Gasteiger partial charge is 0.154 e. The van der Waals surface area contributed by atoms with Gasteiger partial charge in [0, 0.05) is 11.3 Å². The second-order valence-corrected chi connectivity index (χ2v) is 6.47. The highest BCUT2D eigenvalue weighted by molar-refractivity contribution is 5.28. The standard InChI is InChI=1S/C18H26O2/c1-4-5-6-9-18(3)10-7-16(8-11-18)12-17-13-19-15(2)20-14-17/h15-17H,7-8,10-14H2,1-3H3. The van der Waals surface area contributed by atoms with E-state index in [-0.39, 0.29) is 11.7 Å². The van der Waals surface area contributed by atoms with Crippen LogP contribution in [0.15, 0.2) is 0 Å². The zero-order valence-electron chi connectivity index (χ0n) is 13.0. The minimum atomic E-state index is -0.0177. The fourth-order valence-electron chi connectivity index (χ4n) is 3.17. The average molecular weight is 274 g/mol. The van der Waals surface area contributed by atoms with Crippen molar-refractivity contribution in [3.05, 3.63) is 0 Å². The Bertz CT molecular complexity index is 416. The first kappa shape index (κ1) is 15.4. The molecule has 0 aromatic heterocycles. The van der Waals surface area contributed by atoms with Gasteiger partial charge in [0.05, 0.1) is 13.2 Å². The second kappa shape index (κ2) is 7.16. The van der Waals surface area contributed by atoms with E-state index in [9.17, 15) is 0 Å². The predicted octanol–water partition coefficient (Wildman–Crippen LogP) is 3.61. The van der Waals surface area contributed by atoms with Gasteiger partial charge in [0.1, 0.15) is 0 Å².